The first-order valence-corrected chi connectivity index (χ1v) is 13.7. The minimum Gasteiger partial charge on any atom is -0.394 e. The number of aromatic nitrogens is 2. The van der Waals surface area contributed by atoms with Gasteiger partial charge in [-0.15, -0.1) is 0 Å². The predicted octanol–water partition coefficient (Wildman–Crippen LogP) is 3.33. The van der Waals surface area contributed by atoms with Gasteiger partial charge in [0.15, 0.2) is 5.65 Å². The number of ether oxygens (including phenoxy) is 1. The lowest BCUT2D eigenvalue weighted by Crippen LogP contribution is -2.37. The summed E-state index contributed by atoms with van der Waals surface area (Å²) >= 11 is 1.50. The van der Waals surface area contributed by atoms with Gasteiger partial charge in [-0.1, -0.05) is 19.1 Å². The van der Waals surface area contributed by atoms with Gasteiger partial charge >= 0.3 is 0 Å². The van der Waals surface area contributed by atoms with Gasteiger partial charge in [-0.2, -0.15) is 11.3 Å². The van der Waals surface area contributed by atoms with Gasteiger partial charge in [0.1, 0.15) is 11.4 Å². The summed E-state index contributed by atoms with van der Waals surface area (Å²) in [4.78, 5) is 33.6. The Morgan fingerprint density at radius 2 is 1.92 bits per heavy atom. The molecule has 3 N–H and O–H groups in total. The number of rotatable bonds is 9. The van der Waals surface area contributed by atoms with E-state index in [0.29, 0.717) is 35.6 Å². The summed E-state index contributed by atoms with van der Waals surface area (Å²) in [6.45, 7) is 5.31. The lowest BCUT2D eigenvalue weighted by Gasteiger charge is -2.28. The van der Waals surface area contributed by atoms with Crippen molar-refractivity contribution in [3.8, 4) is 11.3 Å². The van der Waals surface area contributed by atoms with E-state index in [9.17, 15) is 14.7 Å². The number of hydrogen-bond donors (Lipinski definition) is 3. The number of aliphatic hydroxyl groups is 1. The summed E-state index contributed by atoms with van der Waals surface area (Å²) in [6.07, 6.45) is 2.32. The number of pyridine rings is 1. The molecule has 1 atom stereocenters. The van der Waals surface area contributed by atoms with Crippen molar-refractivity contribution < 1.29 is 19.4 Å². The zero-order valence-corrected chi connectivity index (χ0v) is 22.0. The second kappa shape index (κ2) is 11.8. The van der Waals surface area contributed by atoms with Gasteiger partial charge in [-0.3, -0.25) is 14.0 Å². The zero-order valence-electron chi connectivity index (χ0n) is 21.2. The standard InChI is InChI=1S/C28H31N5O4S/c1-2-21(17-34)30-28(36)25-24(20-9-15-38-18-20)31-26-23(4-3-10-33(25)26)27(35)29-16-19-5-7-22(8-6-19)32-11-13-37-14-12-32/h3-10,15,18,21,34H,2,11-14,16-17H2,1H3,(H,29,35)(H,30,36)/t21-/m1/s1. The number of imidazole rings is 1. The number of benzene rings is 1. The largest absolute Gasteiger partial charge is 0.394 e. The van der Waals surface area contributed by atoms with E-state index in [1.165, 1.54) is 11.3 Å². The average Bonchev–Trinajstić information content (AvgIpc) is 3.63. The van der Waals surface area contributed by atoms with Crippen LogP contribution in [0.1, 0.15) is 39.8 Å². The van der Waals surface area contributed by atoms with Gasteiger partial charge in [0.25, 0.3) is 11.8 Å². The number of anilines is 1. The number of carbonyl (C=O) groups is 2. The van der Waals surface area contributed by atoms with Gasteiger partial charge in [0, 0.05) is 42.5 Å². The molecule has 1 aromatic carbocycles. The minimum atomic E-state index is -0.371. The Kier molecular flexibility index (Phi) is 8.02. The highest BCUT2D eigenvalue weighted by molar-refractivity contribution is 7.08. The highest BCUT2D eigenvalue weighted by atomic mass is 32.1. The molecule has 3 aromatic heterocycles. The summed E-state index contributed by atoms with van der Waals surface area (Å²) < 4.78 is 7.08. The van der Waals surface area contributed by atoms with Crippen LogP contribution in [0.15, 0.2) is 59.4 Å². The minimum absolute atomic E-state index is 0.159. The van der Waals surface area contributed by atoms with E-state index in [4.69, 9.17) is 9.72 Å². The Labute approximate surface area is 225 Å². The van der Waals surface area contributed by atoms with E-state index in [1.54, 1.807) is 22.7 Å². The van der Waals surface area contributed by atoms with Crippen molar-refractivity contribution in [1.29, 1.82) is 0 Å². The average molecular weight is 534 g/mol. The molecule has 1 aliphatic heterocycles. The Morgan fingerprint density at radius 1 is 1.13 bits per heavy atom. The van der Waals surface area contributed by atoms with E-state index >= 15 is 0 Å². The lowest BCUT2D eigenvalue weighted by molar-refractivity contribution is 0.0907. The summed E-state index contributed by atoms with van der Waals surface area (Å²) in [5.41, 5.74) is 4.53. The predicted molar refractivity (Wildman–Crippen MR) is 148 cm³/mol. The molecule has 0 radical (unpaired) electrons. The van der Waals surface area contributed by atoms with Gasteiger partial charge in [0.2, 0.25) is 0 Å². The third-order valence-corrected chi connectivity index (χ3v) is 7.40. The fourth-order valence-electron chi connectivity index (χ4n) is 4.52. The first kappa shape index (κ1) is 25.9. The molecule has 0 unspecified atom stereocenters. The van der Waals surface area contributed by atoms with Gasteiger partial charge in [-0.25, -0.2) is 4.98 Å². The smallest absolute Gasteiger partial charge is 0.270 e. The molecule has 0 aliphatic carbocycles. The van der Waals surface area contributed by atoms with Crippen LogP contribution >= 0.6 is 11.3 Å². The molecule has 38 heavy (non-hydrogen) atoms. The van der Waals surface area contributed by atoms with E-state index < -0.39 is 0 Å². The second-order valence-electron chi connectivity index (χ2n) is 9.15. The highest BCUT2D eigenvalue weighted by Gasteiger charge is 2.25. The number of hydrogen-bond acceptors (Lipinski definition) is 7. The molecule has 1 fully saturated rings. The maximum absolute atomic E-state index is 13.3. The summed E-state index contributed by atoms with van der Waals surface area (Å²) in [5, 5.41) is 19.3. The Balaban J connectivity index is 1.39. The first-order valence-electron chi connectivity index (χ1n) is 12.7. The molecular weight excluding hydrogens is 502 g/mol. The van der Waals surface area contributed by atoms with Crippen LogP contribution in [0, 0.1) is 0 Å². The van der Waals surface area contributed by atoms with Crippen LogP contribution in [0.3, 0.4) is 0 Å². The maximum Gasteiger partial charge on any atom is 0.270 e. The number of aliphatic hydroxyl groups excluding tert-OH is 1. The fraction of sp³-hybridized carbons (Fsp3) is 0.321. The van der Waals surface area contributed by atoms with Crippen molar-refractivity contribution in [2.75, 3.05) is 37.8 Å². The molecule has 9 nitrogen and oxygen atoms in total. The molecule has 198 valence electrons. The molecule has 4 aromatic rings. The van der Waals surface area contributed by atoms with Gasteiger partial charge in [0.05, 0.1) is 31.4 Å². The topological polar surface area (TPSA) is 108 Å². The van der Waals surface area contributed by atoms with E-state index in [0.717, 1.165) is 43.1 Å². The molecule has 0 bridgehead atoms. The normalized spacial score (nSPS) is 14.4. The van der Waals surface area contributed by atoms with Gasteiger partial charge < -0.3 is 25.4 Å². The lowest BCUT2D eigenvalue weighted by atomic mass is 10.1. The summed E-state index contributed by atoms with van der Waals surface area (Å²) in [5.74, 6) is -0.624. The SMILES string of the molecule is CC[C@H](CO)NC(=O)c1c(-c2ccsc2)nc2c(C(=O)NCc3ccc(N4CCOCC4)cc3)cccn12. The molecule has 2 amide bonds. The Bertz CT molecular complexity index is 1390. The van der Waals surface area contributed by atoms with Crippen molar-refractivity contribution in [2.45, 2.75) is 25.9 Å². The molecule has 0 saturated carbocycles. The molecular formula is C28H31N5O4S. The summed E-state index contributed by atoms with van der Waals surface area (Å²) in [6, 6.07) is 13.1. The number of thiophene rings is 1. The maximum atomic E-state index is 13.3. The number of nitrogens with one attached hydrogen (secondary N) is 2. The van der Waals surface area contributed by atoms with Crippen LogP contribution < -0.4 is 15.5 Å². The molecule has 4 heterocycles. The molecule has 10 heteroatoms. The Morgan fingerprint density at radius 3 is 2.61 bits per heavy atom. The third kappa shape index (κ3) is 5.42. The van der Waals surface area contributed by atoms with Crippen LogP contribution in [0.4, 0.5) is 5.69 Å². The quantitative estimate of drug-likeness (QED) is 0.305. The Hall–Kier alpha value is -3.73. The monoisotopic (exact) mass is 533 g/mol. The van der Waals surface area contributed by atoms with Crippen LogP contribution in [0.5, 0.6) is 0 Å². The van der Waals surface area contributed by atoms with Crippen molar-refractivity contribution in [3.63, 3.8) is 0 Å². The molecule has 5 rings (SSSR count). The number of morpholine rings is 1. The molecule has 0 spiro atoms. The number of amides is 2. The van der Waals surface area contributed by atoms with E-state index in [-0.39, 0.29) is 24.5 Å². The number of nitrogens with zero attached hydrogens (tertiary/aromatic N) is 3. The van der Waals surface area contributed by atoms with Gasteiger partial charge in [-0.05, 0) is 47.7 Å². The second-order valence-corrected chi connectivity index (χ2v) is 9.93. The first-order chi connectivity index (χ1) is 18.6. The van der Waals surface area contributed by atoms with Crippen molar-refractivity contribution in [1.82, 2.24) is 20.0 Å². The fourth-order valence-corrected chi connectivity index (χ4v) is 5.16. The van der Waals surface area contributed by atoms with Crippen molar-refractivity contribution >= 4 is 34.5 Å². The molecule has 1 aliphatic rings. The number of carbonyl (C=O) groups excluding carboxylic acids is 2. The summed E-state index contributed by atoms with van der Waals surface area (Å²) in [7, 11) is 0. The van der Waals surface area contributed by atoms with Crippen molar-refractivity contribution in [3.05, 3.63) is 76.2 Å². The number of fused-ring (bicyclic) bond motifs is 1. The van der Waals surface area contributed by atoms with Crippen LogP contribution in [-0.2, 0) is 11.3 Å². The highest BCUT2D eigenvalue weighted by Crippen LogP contribution is 2.28. The van der Waals surface area contributed by atoms with Crippen LogP contribution in [-0.4, -0.2) is 65.3 Å². The van der Waals surface area contributed by atoms with E-state index in [1.807, 2.05) is 35.9 Å². The van der Waals surface area contributed by atoms with Crippen LogP contribution in [0.2, 0.25) is 0 Å². The molecule has 1 saturated heterocycles. The zero-order chi connectivity index (χ0) is 26.5. The van der Waals surface area contributed by atoms with E-state index in [2.05, 4.69) is 27.7 Å². The third-order valence-electron chi connectivity index (χ3n) is 6.72. The van der Waals surface area contributed by atoms with Crippen molar-refractivity contribution in [2.24, 2.45) is 0 Å². The van der Waals surface area contributed by atoms with Crippen LogP contribution in [0.25, 0.3) is 16.9 Å².